The van der Waals surface area contributed by atoms with Crippen LogP contribution < -0.4 is 4.74 Å². The van der Waals surface area contributed by atoms with Crippen LogP contribution in [0.4, 0.5) is 0 Å². The molecule has 22 heavy (non-hydrogen) atoms. The van der Waals surface area contributed by atoms with Gasteiger partial charge in [0.05, 0.1) is 10.0 Å². The average Bonchev–Trinajstić information content (AvgIpc) is 2.94. The number of hydrogen-bond donors (Lipinski definition) is 0. The van der Waals surface area contributed by atoms with Gasteiger partial charge < -0.3 is 9.15 Å². The fraction of sp³-hybridized carbons (Fsp3) is 0.267. The Morgan fingerprint density at radius 3 is 2.64 bits per heavy atom. The monoisotopic (exact) mass is 337 g/mol. The van der Waals surface area contributed by atoms with E-state index in [-0.39, 0.29) is 6.61 Å². The second-order valence-corrected chi connectivity index (χ2v) is 5.56. The minimum Gasteiger partial charge on any atom is -0.480 e. The van der Waals surface area contributed by atoms with E-state index in [1.54, 1.807) is 6.07 Å². The molecular weight excluding hydrogens is 325 g/mol. The van der Waals surface area contributed by atoms with Gasteiger partial charge in [-0.05, 0) is 25.1 Å². The van der Waals surface area contributed by atoms with Crippen LogP contribution >= 0.6 is 23.2 Å². The molecule has 0 aliphatic heterocycles. The van der Waals surface area contributed by atoms with E-state index in [2.05, 4.69) is 15.2 Å². The Bertz CT molecular complexity index is 833. The maximum atomic E-state index is 6.24. The highest BCUT2D eigenvalue weighted by Gasteiger charge is 2.14. The van der Waals surface area contributed by atoms with Crippen LogP contribution in [0.1, 0.15) is 24.4 Å². The molecule has 0 saturated heterocycles. The zero-order valence-electron chi connectivity index (χ0n) is 12.1. The lowest BCUT2D eigenvalue weighted by atomic mass is 10.2. The Morgan fingerprint density at radius 1 is 1.14 bits per heavy atom. The van der Waals surface area contributed by atoms with Crippen molar-refractivity contribution < 1.29 is 9.15 Å². The van der Waals surface area contributed by atoms with E-state index < -0.39 is 0 Å². The van der Waals surface area contributed by atoms with Crippen LogP contribution in [-0.4, -0.2) is 15.2 Å². The zero-order chi connectivity index (χ0) is 15.7. The number of benzene rings is 1. The van der Waals surface area contributed by atoms with Crippen molar-refractivity contribution in [2.45, 2.75) is 26.9 Å². The summed E-state index contributed by atoms with van der Waals surface area (Å²) in [4.78, 5) is 4.47. The fourth-order valence-electron chi connectivity index (χ4n) is 2.05. The van der Waals surface area contributed by atoms with Crippen LogP contribution in [0.5, 0.6) is 5.75 Å². The molecule has 0 aliphatic rings. The molecule has 5 nitrogen and oxygen atoms in total. The zero-order valence-corrected chi connectivity index (χ0v) is 13.6. The summed E-state index contributed by atoms with van der Waals surface area (Å²) in [5.74, 6) is 1.42. The van der Waals surface area contributed by atoms with Crippen LogP contribution in [0.25, 0.3) is 10.9 Å². The normalized spacial score (nSPS) is 11.1. The molecule has 2 heterocycles. The van der Waals surface area contributed by atoms with Crippen molar-refractivity contribution in [3.05, 3.63) is 45.7 Å². The summed E-state index contributed by atoms with van der Waals surface area (Å²) in [6.45, 7) is 3.96. The van der Waals surface area contributed by atoms with Gasteiger partial charge in [-0.15, -0.1) is 10.2 Å². The highest BCUT2D eigenvalue weighted by Crippen LogP contribution is 2.37. The molecule has 0 atom stereocenters. The Hall–Kier alpha value is -1.85. The number of rotatable bonds is 4. The van der Waals surface area contributed by atoms with E-state index in [1.165, 1.54) is 0 Å². The van der Waals surface area contributed by atoms with Gasteiger partial charge in [0.1, 0.15) is 5.52 Å². The number of aromatic nitrogens is 3. The third-order valence-corrected chi connectivity index (χ3v) is 3.72. The lowest BCUT2D eigenvalue weighted by Crippen LogP contribution is -1.99. The van der Waals surface area contributed by atoms with E-state index in [0.29, 0.717) is 39.5 Å². The van der Waals surface area contributed by atoms with E-state index in [4.69, 9.17) is 32.4 Å². The molecule has 0 bridgehead atoms. The predicted octanol–water partition coefficient (Wildman–Crippen LogP) is 4.37. The van der Waals surface area contributed by atoms with Crippen molar-refractivity contribution >= 4 is 34.1 Å². The Labute approximate surface area is 137 Å². The topological polar surface area (TPSA) is 61.0 Å². The minimum atomic E-state index is 0.124. The number of pyridine rings is 1. The van der Waals surface area contributed by atoms with Gasteiger partial charge >= 0.3 is 0 Å². The molecule has 0 amide bonds. The summed E-state index contributed by atoms with van der Waals surface area (Å²) < 4.78 is 11.2. The number of aryl methyl sites for hydroxylation is 2. The highest BCUT2D eigenvalue weighted by atomic mass is 35.5. The number of ether oxygens (including phenoxy) is 1. The quantitative estimate of drug-likeness (QED) is 0.707. The summed E-state index contributed by atoms with van der Waals surface area (Å²) in [7, 11) is 0. The van der Waals surface area contributed by atoms with Gasteiger partial charge in [0.2, 0.25) is 5.89 Å². The van der Waals surface area contributed by atoms with Crippen molar-refractivity contribution in [2.75, 3.05) is 0 Å². The first-order chi connectivity index (χ1) is 10.6. The van der Waals surface area contributed by atoms with Crippen molar-refractivity contribution in [3.63, 3.8) is 0 Å². The summed E-state index contributed by atoms with van der Waals surface area (Å²) >= 11 is 12.4. The largest absolute Gasteiger partial charge is 0.480 e. The molecule has 0 N–H and O–H groups in total. The van der Waals surface area contributed by atoms with Gasteiger partial charge in [0.15, 0.2) is 12.4 Å². The third kappa shape index (κ3) is 2.87. The van der Waals surface area contributed by atoms with Gasteiger partial charge in [-0.25, -0.2) is 4.98 Å². The Morgan fingerprint density at radius 2 is 1.91 bits per heavy atom. The number of hydrogen-bond acceptors (Lipinski definition) is 5. The van der Waals surface area contributed by atoms with Crippen molar-refractivity contribution in [2.24, 2.45) is 0 Å². The molecule has 114 valence electrons. The first kappa shape index (κ1) is 15.1. The van der Waals surface area contributed by atoms with Crippen LogP contribution in [0, 0.1) is 6.92 Å². The molecule has 0 radical (unpaired) electrons. The summed E-state index contributed by atoms with van der Waals surface area (Å²) in [5.41, 5.74) is 1.47. The third-order valence-electron chi connectivity index (χ3n) is 3.13. The van der Waals surface area contributed by atoms with Crippen LogP contribution in [0.2, 0.25) is 10.0 Å². The van der Waals surface area contributed by atoms with E-state index in [1.807, 2.05) is 26.0 Å². The number of nitrogens with zero attached hydrogens (tertiary/aromatic N) is 3. The Balaban J connectivity index is 1.97. The van der Waals surface area contributed by atoms with Crippen molar-refractivity contribution in [1.82, 2.24) is 15.2 Å². The Kier molecular flexibility index (Phi) is 4.18. The molecule has 0 spiro atoms. The minimum absolute atomic E-state index is 0.124. The van der Waals surface area contributed by atoms with Gasteiger partial charge in [0.25, 0.3) is 5.89 Å². The van der Waals surface area contributed by atoms with Gasteiger partial charge in [0, 0.05) is 17.5 Å². The molecule has 1 aromatic carbocycles. The van der Waals surface area contributed by atoms with Crippen LogP contribution in [0.3, 0.4) is 0 Å². The van der Waals surface area contributed by atoms with Gasteiger partial charge in [-0.3, -0.25) is 0 Å². The molecule has 0 saturated carbocycles. The smallest absolute Gasteiger partial charge is 0.253 e. The fourth-order valence-corrected chi connectivity index (χ4v) is 2.62. The van der Waals surface area contributed by atoms with Gasteiger partial charge in [-0.2, -0.15) is 0 Å². The SMILES string of the molecule is CCc1nnc(COc2c(Cl)cc(Cl)c3ccc(C)nc23)o1. The lowest BCUT2D eigenvalue weighted by Gasteiger charge is -2.11. The van der Waals surface area contributed by atoms with E-state index in [0.717, 1.165) is 11.1 Å². The molecule has 0 fully saturated rings. The first-order valence-corrected chi connectivity index (χ1v) is 7.53. The molecule has 0 unspecified atom stereocenters. The van der Waals surface area contributed by atoms with Gasteiger partial charge in [-0.1, -0.05) is 30.1 Å². The molecule has 3 aromatic rings. The number of halogens is 2. The molecule has 2 aromatic heterocycles. The van der Waals surface area contributed by atoms with E-state index in [9.17, 15) is 0 Å². The molecule has 3 rings (SSSR count). The summed E-state index contributed by atoms with van der Waals surface area (Å²) in [6.07, 6.45) is 0.679. The maximum Gasteiger partial charge on any atom is 0.253 e. The maximum absolute atomic E-state index is 6.24. The average molecular weight is 338 g/mol. The molecule has 7 heteroatoms. The standard InChI is InChI=1S/C15H13Cl2N3O2/c1-3-12-19-20-13(22-12)7-21-15-11(17)6-10(16)9-5-4-8(2)18-14(9)15/h4-6H,3,7H2,1-2H3. The van der Waals surface area contributed by atoms with Crippen LogP contribution in [0.15, 0.2) is 22.6 Å². The highest BCUT2D eigenvalue weighted by molar-refractivity contribution is 6.39. The number of fused-ring (bicyclic) bond motifs is 1. The predicted molar refractivity (Wildman–Crippen MR) is 84.5 cm³/mol. The van der Waals surface area contributed by atoms with Crippen LogP contribution in [-0.2, 0) is 13.0 Å². The first-order valence-electron chi connectivity index (χ1n) is 6.78. The van der Waals surface area contributed by atoms with E-state index >= 15 is 0 Å². The second-order valence-electron chi connectivity index (χ2n) is 4.75. The molecular formula is C15H13Cl2N3O2. The lowest BCUT2D eigenvalue weighted by molar-refractivity contribution is 0.261. The second kappa shape index (κ2) is 6.10. The molecule has 0 aliphatic carbocycles. The summed E-state index contributed by atoms with van der Waals surface area (Å²) in [5, 5.41) is 9.52. The van der Waals surface area contributed by atoms with Crippen molar-refractivity contribution in [1.29, 1.82) is 0 Å². The van der Waals surface area contributed by atoms with Crippen molar-refractivity contribution in [3.8, 4) is 5.75 Å². The summed E-state index contributed by atoms with van der Waals surface area (Å²) in [6, 6.07) is 5.42.